The Morgan fingerprint density at radius 1 is 1.26 bits per heavy atom. The van der Waals surface area contributed by atoms with Crippen LogP contribution in [0.3, 0.4) is 0 Å². The summed E-state index contributed by atoms with van der Waals surface area (Å²) in [4.78, 5) is 9.94. The maximum Gasteiger partial charge on any atom is 0.346 e. The standard InChI is InChI=1S/C13H13FN3O5P/c14-11-6-9-5-10(22-13(9)7-12(11)17(18)19)8-21-23(20,15-1-2-15)16-3-4-16/h5-7H,1-4,8H2. The highest BCUT2D eigenvalue weighted by molar-refractivity contribution is 7.54. The van der Waals surface area contributed by atoms with Gasteiger partial charge in [-0.2, -0.15) is 4.39 Å². The average molecular weight is 341 g/mol. The van der Waals surface area contributed by atoms with Gasteiger partial charge in [-0.25, -0.2) is 9.34 Å². The molecule has 2 aliphatic rings. The van der Waals surface area contributed by atoms with Gasteiger partial charge in [0, 0.05) is 31.6 Å². The number of hydrogen-bond donors (Lipinski definition) is 0. The molecule has 122 valence electrons. The van der Waals surface area contributed by atoms with Gasteiger partial charge in [-0.15, -0.1) is 0 Å². The maximum absolute atomic E-state index is 13.6. The second-order valence-corrected chi connectivity index (χ2v) is 7.85. The van der Waals surface area contributed by atoms with Crippen LogP contribution in [0.2, 0.25) is 0 Å². The molecule has 2 saturated heterocycles. The van der Waals surface area contributed by atoms with Gasteiger partial charge in [-0.1, -0.05) is 0 Å². The fourth-order valence-electron chi connectivity index (χ4n) is 2.40. The van der Waals surface area contributed by atoms with E-state index in [1.807, 2.05) is 0 Å². The number of nitro groups is 1. The van der Waals surface area contributed by atoms with Crippen LogP contribution in [-0.2, 0) is 15.7 Å². The molecule has 4 rings (SSSR count). The van der Waals surface area contributed by atoms with Crippen LogP contribution < -0.4 is 0 Å². The van der Waals surface area contributed by atoms with E-state index in [1.165, 1.54) is 6.07 Å². The van der Waals surface area contributed by atoms with Crippen LogP contribution in [0.5, 0.6) is 0 Å². The Morgan fingerprint density at radius 2 is 1.91 bits per heavy atom. The second-order valence-electron chi connectivity index (χ2n) is 5.48. The lowest BCUT2D eigenvalue weighted by atomic mass is 10.2. The number of hydrogen-bond acceptors (Lipinski definition) is 5. The monoisotopic (exact) mass is 341 g/mol. The minimum Gasteiger partial charge on any atom is -0.458 e. The van der Waals surface area contributed by atoms with E-state index in [1.54, 1.807) is 9.34 Å². The summed E-state index contributed by atoms with van der Waals surface area (Å²) in [5.41, 5.74) is -0.442. The molecule has 0 spiro atoms. The molecule has 1 aromatic carbocycles. The Morgan fingerprint density at radius 3 is 2.48 bits per heavy atom. The molecule has 0 radical (unpaired) electrons. The first-order valence-corrected chi connectivity index (χ1v) is 8.62. The molecular formula is C13H13FN3O5P. The fourth-order valence-corrected chi connectivity index (χ4v) is 4.57. The highest BCUT2D eigenvalue weighted by Gasteiger charge is 2.49. The van der Waals surface area contributed by atoms with Crippen LogP contribution in [0.4, 0.5) is 10.1 Å². The summed E-state index contributed by atoms with van der Waals surface area (Å²) in [6.45, 7) is 2.93. The molecule has 2 aromatic rings. The molecule has 2 aliphatic heterocycles. The minimum absolute atomic E-state index is 0.0334. The van der Waals surface area contributed by atoms with E-state index in [-0.39, 0.29) is 12.2 Å². The predicted octanol–water partition coefficient (Wildman–Crippen LogP) is 2.74. The van der Waals surface area contributed by atoms with E-state index in [4.69, 9.17) is 8.94 Å². The zero-order valence-electron chi connectivity index (χ0n) is 12.0. The molecule has 0 atom stereocenters. The summed E-state index contributed by atoms with van der Waals surface area (Å²) >= 11 is 0. The summed E-state index contributed by atoms with van der Waals surface area (Å²) in [7, 11) is -2.96. The van der Waals surface area contributed by atoms with Crippen molar-refractivity contribution >= 4 is 24.3 Å². The van der Waals surface area contributed by atoms with Crippen molar-refractivity contribution in [1.82, 2.24) is 9.34 Å². The molecule has 2 fully saturated rings. The summed E-state index contributed by atoms with van der Waals surface area (Å²) < 4.78 is 41.0. The quantitative estimate of drug-likeness (QED) is 0.345. The number of rotatable bonds is 6. The molecule has 23 heavy (non-hydrogen) atoms. The van der Waals surface area contributed by atoms with Crippen molar-refractivity contribution in [2.75, 3.05) is 26.2 Å². The molecule has 10 heteroatoms. The minimum atomic E-state index is -2.96. The SMILES string of the molecule is O=[N+]([O-])c1cc2oc(COP(=O)(N3CC3)N3CC3)cc2cc1F. The lowest BCUT2D eigenvalue weighted by Crippen LogP contribution is -2.07. The number of halogens is 1. The Bertz CT molecular complexity index is 829. The van der Waals surface area contributed by atoms with E-state index >= 15 is 0 Å². The molecule has 0 bridgehead atoms. The largest absolute Gasteiger partial charge is 0.458 e. The summed E-state index contributed by atoms with van der Waals surface area (Å²) in [6, 6.07) is 3.63. The number of nitrogens with zero attached hydrogens (tertiary/aromatic N) is 3. The van der Waals surface area contributed by atoms with Gasteiger partial charge in [-0.05, 0) is 12.1 Å². The van der Waals surface area contributed by atoms with Crippen LogP contribution in [0, 0.1) is 15.9 Å². The van der Waals surface area contributed by atoms with Crippen LogP contribution in [-0.4, -0.2) is 40.4 Å². The van der Waals surface area contributed by atoms with Crippen LogP contribution in [0.15, 0.2) is 22.6 Å². The van der Waals surface area contributed by atoms with Gasteiger partial charge in [0.15, 0.2) is 0 Å². The zero-order valence-corrected chi connectivity index (χ0v) is 12.9. The van der Waals surface area contributed by atoms with Crippen molar-refractivity contribution in [3.63, 3.8) is 0 Å². The first-order chi connectivity index (χ1) is 11.0. The molecule has 1 aromatic heterocycles. The number of furan rings is 1. The highest BCUT2D eigenvalue weighted by Crippen LogP contribution is 2.61. The molecule has 0 saturated carbocycles. The van der Waals surface area contributed by atoms with Gasteiger partial charge in [0.25, 0.3) is 0 Å². The number of nitro benzene ring substituents is 1. The fraction of sp³-hybridized carbons (Fsp3) is 0.385. The topological polar surface area (TPSA) is 88.6 Å². The first kappa shape index (κ1) is 14.8. The lowest BCUT2D eigenvalue weighted by molar-refractivity contribution is -0.387. The average Bonchev–Trinajstić information content (AvgIpc) is 3.38. The molecule has 0 N–H and O–H groups in total. The van der Waals surface area contributed by atoms with Gasteiger partial charge >= 0.3 is 13.4 Å². The van der Waals surface area contributed by atoms with Crippen molar-refractivity contribution in [2.24, 2.45) is 0 Å². The molecular weight excluding hydrogens is 328 g/mol. The third kappa shape index (κ3) is 2.66. The number of benzene rings is 1. The van der Waals surface area contributed by atoms with E-state index in [0.29, 0.717) is 11.1 Å². The van der Waals surface area contributed by atoms with Crippen molar-refractivity contribution in [3.05, 3.63) is 39.9 Å². The molecule has 0 unspecified atom stereocenters. The van der Waals surface area contributed by atoms with Crippen molar-refractivity contribution < 1.29 is 22.8 Å². The Balaban J connectivity index is 1.57. The van der Waals surface area contributed by atoms with Crippen molar-refractivity contribution in [3.8, 4) is 0 Å². The Hall–Kier alpha value is -1.80. The van der Waals surface area contributed by atoms with E-state index in [0.717, 1.165) is 38.3 Å². The first-order valence-electron chi connectivity index (χ1n) is 7.09. The van der Waals surface area contributed by atoms with Crippen molar-refractivity contribution in [2.45, 2.75) is 6.61 Å². The smallest absolute Gasteiger partial charge is 0.346 e. The third-order valence-electron chi connectivity index (χ3n) is 3.77. The van der Waals surface area contributed by atoms with Crippen LogP contribution in [0.1, 0.15) is 5.76 Å². The van der Waals surface area contributed by atoms with E-state index in [2.05, 4.69) is 0 Å². The van der Waals surface area contributed by atoms with Gasteiger partial charge in [0.2, 0.25) is 5.82 Å². The molecule has 3 heterocycles. The summed E-state index contributed by atoms with van der Waals surface area (Å²) in [6.07, 6.45) is 0. The number of fused-ring (bicyclic) bond motifs is 1. The molecule has 8 nitrogen and oxygen atoms in total. The van der Waals surface area contributed by atoms with E-state index < -0.39 is 24.1 Å². The third-order valence-corrected chi connectivity index (χ3v) is 6.47. The normalized spacial score (nSPS) is 18.5. The summed E-state index contributed by atoms with van der Waals surface area (Å²) in [5, 5.41) is 11.1. The van der Waals surface area contributed by atoms with Crippen LogP contribution in [0.25, 0.3) is 11.0 Å². The molecule has 0 aliphatic carbocycles. The van der Waals surface area contributed by atoms with Crippen LogP contribution >= 0.6 is 7.67 Å². The van der Waals surface area contributed by atoms with Gasteiger partial charge < -0.3 is 4.42 Å². The predicted molar refractivity (Wildman–Crippen MR) is 78.4 cm³/mol. The molecule has 0 amide bonds. The van der Waals surface area contributed by atoms with E-state index in [9.17, 15) is 19.1 Å². The van der Waals surface area contributed by atoms with Gasteiger partial charge in [0.1, 0.15) is 18.0 Å². The van der Waals surface area contributed by atoms with Gasteiger partial charge in [0.05, 0.1) is 11.0 Å². The zero-order chi connectivity index (χ0) is 16.2. The van der Waals surface area contributed by atoms with Gasteiger partial charge in [-0.3, -0.25) is 19.2 Å². The van der Waals surface area contributed by atoms with Crippen molar-refractivity contribution in [1.29, 1.82) is 0 Å². The Kier molecular flexibility index (Phi) is 3.28. The highest BCUT2D eigenvalue weighted by atomic mass is 31.2. The second kappa shape index (κ2) is 5.10. The summed E-state index contributed by atoms with van der Waals surface area (Å²) in [5.74, 6) is -0.571. The Labute approximate surface area is 130 Å². The maximum atomic E-state index is 13.6. The lowest BCUT2D eigenvalue weighted by Gasteiger charge is -2.18.